The van der Waals surface area contributed by atoms with Crippen molar-refractivity contribution >= 4 is 16.9 Å². The van der Waals surface area contributed by atoms with Crippen molar-refractivity contribution in [2.45, 2.75) is 59.5 Å². The third-order valence-corrected chi connectivity index (χ3v) is 6.46. The molecule has 2 atom stereocenters. The monoisotopic (exact) mass is 440 g/mol. The van der Waals surface area contributed by atoms with Crippen molar-refractivity contribution in [3.05, 3.63) is 83.2 Å². The Bertz CT molecular complexity index is 1260. The molecule has 0 saturated heterocycles. The summed E-state index contributed by atoms with van der Waals surface area (Å²) in [7, 11) is 0. The van der Waals surface area contributed by atoms with Gasteiger partial charge in [0.05, 0.1) is 11.7 Å². The molecule has 2 aromatic carbocycles. The van der Waals surface area contributed by atoms with Crippen LogP contribution in [0.15, 0.2) is 60.8 Å². The maximum atomic E-state index is 12.9. The fourth-order valence-electron chi connectivity index (χ4n) is 4.22. The second-order valence-corrected chi connectivity index (χ2v) is 8.93. The fourth-order valence-corrected chi connectivity index (χ4v) is 4.22. The van der Waals surface area contributed by atoms with Gasteiger partial charge in [-0.1, -0.05) is 67.9 Å². The van der Waals surface area contributed by atoms with Crippen molar-refractivity contribution in [3.63, 3.8) is 0 Å². The molecular weight excluding hydrogens is 408 g/mol. The van der Waals surface area contributed by atoms with Crippen LogP contribution in [-0.4, -0.2) is 20.7 Å². The average Bonchev–Trinajstić information content (AvgIpc) is 3.14. The van der Waals surface area contributed by atoms with Gasteiger partial charge < -0.3 is 5.32 Å². The molecule has 170 valence electrons. The maximum Gasteiger partial charge on any atom is 0.242 e. The molecule has 33 heavy (non-hydrogen) atoms. The standard InChI is InChI=1S/C28H32N4O/c1-6-19(3)22-11-13-23(14-12-22)20(4)30-26(33)17-32-28-27(21(5)31-32)25(15-16-29-28)24-9-7-18(2)8-10-24/h7-16,19-20H,6,17H2,1-5H3,(H,30,33). The summed E-state index contributed by atoms with van der Waals surface area (Å²) >= 11 is 0. The van der Waals surface area contributed by atoms with Gasteiger partial charge in [0.1, 0.15) is 6.54 Å². The summed E-state index contributed by atoms with van der Waals surface area (Å²) in [5, 5.41) is 8.74. The molecule has 0 aliphatic carbocycles. The second-order valence-electron chi connectivity index (χ2n) is 8.93. The van der Waals surface area contributed by atoms with Crippen LogP contribution in [0.5, 0.6) is 0 Å². The predicted octanol–water partition coefficient (Wildman–Crippen LogP) is 6.11. The summed E-state index contributed by atoms with van der Waals surface area (Å²) in [6.07, 6.45) is 2.90. The number of carbonyl (C=O) groups excluding carboxylic acids is 1. The van der Waals surface area contributed by atoms with E-state index >= 15 is 0 Å². The zero-order valence-corrected chi connectivity index (χ0v) is 20.1. The Morgan fingerprint density at radius 1 is 0.970 bits per heavy atom. The van der Waals surface area contributed by atoms with Crippen molar-refractivity contribution in [3.8, 4) is 11.1 Å². The highest BCUT2D eigenvalue weighted by Crippen LogP contribution is 2.30. The Kier molecular flexibility index (Phi) is 6.59. The van der Waals surface area contributed by atoms with Crippen LogP contribution in [0.25, 0.3) is 22.2 Å². The van der Waals surface area contributed by atoms with E-state index in [2.05, 4.69) is 84.7 Å². The molecule has 1 amide bonds. The highest BCUT2D eigenvalue weighted by Gasteiger charge is 2.17. The molecule has 0 radical (unpaired) electrons. The first-order valence-electron chi connectivity index (χ1n) is 11.7. The summed E-state index contributed by atoms with van der Waals surface area (Å²) < 4.78 is 1.70. The highest BCUT2D eigenvalue weighted by atomic mass is 16.2. The number of nitrogens with one attached hydrogen (secondary N) is 1. The van der Waals surface area contributed by atoms with Crippen LogP contribution >= 0.6 is 0 Å². The molecule has 2 unspecified atom stereocenters. The Hall–Kier alpha value is -3.47. The third kappa shape index (κ3) is 4.82. The van der Waals surface area contributed by atoms with Crippen LogP contribution in [0.1, 0.15) is 61.5 Å². The van der Waals surface area contributed by atoms with E-state index in [1.54, 1.807) is 10.9 Å². The zero-order valence-electron chi connectivity index (χ0n) is 20.1. The number of rotatable bonds is 7. The van der Waals surface area contributed by atoms with Crippen LogP contribution in [0.3, 0.4) is 0 Å². The lowest BCUT2D eigenvalue weighted by Crippen LogP contribution is -2.30. The third-order valence-electron chi connectivity index (χ3n) is 6.46. The van der Waals surface area contributed by atoms with E-state index < -0.39 is 0 Å². The maximum absolute atomic E-state index is 12.9. The number of hydrogen-bond donors (Lipinski definition) is 1. The zero-order chi connectivity index (χ0) is 23.5. The van der Waals surface area contributed by atoms with Crippen LogP contribution < -0.4 is 5.32 Å². The number of hydrogen-bond acceptors (Lipinski definition) is 3. The number of pyridine rings is 1. The minimum absolute atomic E-state index is 0.0810. The van der Waals surface area contributed by atoms with E-state index in [0.717, 1.165) is 39.8 Å². The van der Waals surface area contributed by atoms with Crippen molar-refractivity contribution < 1.29 is 4.79 Å². The summed E-state index contributed by atoms with van der Waals surface area (Å²) in [4.78, 5) is 17.4. The van der Waals surface area contributed by atoms with E-state index in [4.69, 9.17) is 0 Å². The molecule has 1 N–H and O–H groups in total. The number of nitrogens with zero attached hydrogens (tertiary/aromatic N) is 3. The van der Waals surface area contributed by atoms with E-state index in [0.29, 0.717) is 5.92 Å². The molecule has 0 saturated carbocycles. The predicted molar refractivity (Wildman–Crippen MR) is 134 cm³/mol. The largest absolute Gasteiger partial charge is 0.348 e. The van der Waals surface area contributed by atoms with Crippen molar-refractivity contribution in [1.29, 1.82) is 0 Å². The number of fused-ring (bicyclic) bond motifs is 1. The molecule has 5 heteroatoms. The minimum atomic E-state index is -0.0829. The molecule has 4 aromatic rings. The van der Waals surface area contributed by atoms with Gasteiger partial charge in [-0.2, -0.15) is 5.10 Å². The van der Waals surface area contributed by atoms with Crippen molar-refractivity contribution in [2.24, 2.45) is 0 Å². The van der Waals surface area contributed by atoms with Gasteiger partial charge in [-0.15, -0.1) is 0 Å². The van der Waals surface area contributed by atoms with Gasteiger partial charge in [-0.3, -0.25) is 4.79 Å². The minimum Gasteiger partial charge on any atom is -0.348 e. The molecule has 5 nitrogen and oxygen atoms in total. The summed E-state index contributed by atoms with van der Waals surface area (Å²) in [6, 6.07) is 18.9. The van der Waals surface area contributed by atoms with Gasteiger partial charge in [0.25, 0.3) is 0 Å². The molecule has 0 bridgehead atoms. The van der Waals surface area contributed by atoms with E-state index in [1.807, 2.05) is 19.9 Å². The average molecular weight is 441 g/mol. The number of aryl methyl sites for hydroxylation is 2. The Morgan fingerprint density at radius 2 is 1.64 bits per heavy atom. The normalized spacial score (nSPS) is 13.1. The van der Waals surface area contributed by atoms with Gasteiger partial charge >= 0.3 is 0 Å². The van der Waals surface area contributed by atoms with Crippen molar-refractivity contribution in [1.82, 2.24) is 20.1 Å². The topological polar surface area (TPSA) is 59.8 Å². The first kappa shape index (κ1) is 22.7. The molecule has 0 aliphatic rings. The van der Waals surface area contributed by atoms with Crippen LogP contribution in [0.4, 0.5) is 0 Å². The smallest absolute Gasteiger partial charge is 0.242 e. The summed E-state index contributed by atoms with van der Waals surface area (Å²) in [6.45, 7) is 10.6. The number of benzene rings is 2. The summed E-state index contributed by atoms with van der Waals surface area (Å²) in [5.74, 6) is 0.457. The Morgan fingerprint density at radius 3 is 2.30 bits per heavy atom. The summed E-state index contributed by atoms with van der Waals surface area (Å²) in [5.41, 5.74) is 7.44. The van der Waals surface area contributed by atoms with Crippen LogP contribution in [0, 0.1) is 13.8 Å². The Labute approximate surface area is 195 Å². The highest BCUT2D eigenvalue weighted by molar-refractivity contribution is 5.95. The number of aromatic nitrogens is 3. The lowest BCUT2D eigenvalue weighted by Gasteiger charge is -2.16. The van der Waals surface area contributed by atoms with E-state index in [9.17, 15) is 4.79 Å². The van der Waals surface area contributed by atoms with Gasteiger partial charge in [0, 0.05) is 11.6 Å². The lowest BCUT2D eigenvalue weighted by atomic mass is 9.96. The molecule has 0 fully saturated rings. The number of carbonyl (C=O) groups is 1. The van der Waals surface area contributed by atoms with Crippen LogP contribution in [0.2, 0.25) is 0 Å². The fraction of sp³-hybridized carbons (Fsp3) is 0.321. The van der Waals surface area contributed by atoms with Gasteiger partial charge in [0.2, 0.25) is 5.91 Å². The molecule has 0 spiro atoms. The molecule has 4 rings (SSSR count). The van der Waals surface area contributed by atoms with Crippen molar-refractivity contribution in [2.75, 3.05) is 0 Å². The SMILES string of the molecule is CCC(C)c1ccc(C(C)NC(=O)Cn2nc(C)c3c(-c4ccc(C)cc4)ccnc32)cc1. The first-order valence-corrected chi connectivity index (χ1v) is 11.7. The molecule has 2 aromatic heterocycles. The van der Waals surface area contributed by atoms with Gasteiger partial charge in [0.15, 0.2) is 5.65 Å². The van der Waals surface area contributed by atoms with E-state index in [1.165, 1.54) is 11.1 Å². The molecule has 0 aliphatic heterocycles. The number of amides is 1. The first-order chi connectivity index (χ1) is 15.9. The van der Waals surface area contributed by atoms with Gasteiger partial charge in [-0.05, 0) is 61.4 Å². The second kappa shape index (κ2) is 9.57. The molecule has 2 heterocycles. The quantitative estimate of drug-likeness (QED) is 0.377. The molecular formula is C28H32N4O. The Balaban J connectivity index is 1.52. The van der Waals surface area contributed by atoms with E-state index in [-0.39, 0.29) is 18.5 Å². The van der Waals surface area contributed by atoms with Crippen LogP contribution in [-0.2, 0) is 11.3 Å². The lowest BCUT2D eigenvalue weighted by molar-refractivity contribution is -0.122. The van der Waals surface area contributed by atoms with Gasteiger partial charge in [-0.25, -0.2) is 9.67 Å².